The summed E-state index contributed by atoms with van der Waals surface area (Å²) in [7, 11) is -4.10. The maximum Gasteiger partial charge on any atom is 0.333 e. The highest BCUT2D eigenvalue weighted by Gasteiger charge is 2.19. The molecule has 0 aliphatic heterocycles. The first-order chi connectivity index (χ1) is 15.7. The van der Waals surface area contributed by atoms with Crippen LogP contribution in [0.1, 0.15) is 21.5 Å². The van der Waals surface area contributed by atoms with Gasteiger partial charge in [-0.15, -0.1) is 0 Å². The Hall–Kier alpha value is -4.31. The largest absolute Gasteiger partial charge is 0.333 e. The van der Waals surface area contributed by atoms with Gasteiger partial charge in [-0.1, -0.05) is 48.0 Å². The zero-order chi connectivity index (χ0) is 24.0. The van der Waals surface area contributed by atoms with E-state index in [0.29, 0.717) is 5.56 Å². The molecule has 9 nitrogen and oxygen atoms in total. The van der Waals surface area contributed by atoms with Crippen LogP contribution in [0.3, 0.4) is 0 Å². The molecular weight excluding hydrogens is 446 g/mol. The van der Waals surface area contributed by atoms with E-state index in [-0.39, 0.29) is 21.8 Å². The summed E-state index contributed by atoms with van der Waals surface area (Å²) >= 11 is 0. The molecule has 3 aromatic rings. The number of nitro benzene ring substituents is 1. The van der Waals surface area contributed by atoms with Crippen LogP contribution in [0.25, 0.3) is 6.08 Å². The predicted octanol–water partition coefficient (Wildman–Crippen LogP) is 4.31. The maximum atomic E-state index is 12.7. The van der Waals surface area contributed by atoms with Crippen LogP contribution in [-0.2, 0) is 10.0 Å². The SMILES string of the molecule is Cc1ccc(S(=O)(=O)NC(=O)Nc2ccccc2C(=O)/C=C/c2cccc([N+](=O)[O-])c2)cc1. The number of amides is 2. The molecule has 3 aromatic carbocycles. The van der Waals surface area contributed by atoms with Crippen molar-refractivity contribution in [2.45, 2.75) is 11.8 Å². The fourth-order valence-corrected chi connectivity index (χ4v) is 3.76. The van der Waals surface area contributed by atoms with E-state index >= 15 is 0 Å². The Morgan fingerprint density at radius 2 is 1.67 bits per heavy atom. The molecule has 0 unspecified atom stereocenters. The molecule has 0 fully saturated rings. The molecule has 2 amide bonds. The van der Waals surface area contributed by atoms with Gasteiger partial charge in [0, 0.05) is 17.7 Å². The summed E-state index contributed by atoms with van der Waals surface area (Å²) in [6.45, 7) is 1.80. The summed E-state index contributed by atoms with van der Waals surface area (Å²) in [5.74, 6) is -0.487. The third kappa shape index (κ3) is 6.11. The van der Waals surface area contributed by atoms with Crippen molar-refractivity contribution in [3.8, 4) is 0 Å². The van der Waals surface area contributed by atoms with Crippen molar-refractivity contribution in [1.82, 2.24) is 4.72 Å². The van der Waals surface area contributed by atoms with E-state index in [2.05, 4.69) is 5.32 Å². The number of carbonyl (C=O) groups is 2. The molecule has 0 aliphatic carbocycles. The lowest BCUT2D eigenvalue weighted by molar-refractivity contribution is -0.384. The fourth-order valence-electron chi connectivity index (χ4n) is 2.86. The van der Waals surface area contributed by atoms with Gasteiger partial charge in [0.25, 0.3) is 15.7 Å². The first-order valence-electron chi connectivity index (χ1n) is 9.62. The average Bonchev–Trinajstić information content (AvgIpc) is 2.78. The molecule has 2 N–H and O–H groups in total. The smallest absolute Gasteiger partial charge is 0.306 e. The molecule has 0 bridgehead atoms. The molecule has 33 heavy (non-hydrogen) atoms. The van der Waals surface area contributed by atoms with E-state index in [9.17, 15) is 28.1 Å². The van der Waals surface area contributed by atoms with Crippen LogP contribution in [-0.4, -0.2) is 25.2 Å². The van der Waals surface area contributed by atoms with Gasteiger partial charge in [0.05, 0.1) is 15.5 Å². The number of aryl methyl sites for hydroxylation is 1. The van der Waals surface area contributed by atoms with Gasteiger partial charge in [-0.3, -0.25) is 14.9 Å². The number of urea groups is 1. The van der Waals surface area contributed by atoms with Gasteiger partial charge in [-0.2, -0.15) is 0 Å². The summed E-state index contributed by atoms with van der Waals surface area (Å²) < 4.78 is 26.7. The molecule has 3 rings (SSSR count). The standard InChI is InChI=1S/C23H19N3O6S/c1-16-9-12-19(13-10-16)33(31,32)25-23(28)24-21-8-3-2-7-20(21)22(27)14-11-17-5-4-6-18(15-17)26(29)30/h2-15H,1H3,(H2,24,25,28)/b14-11+. The molecule has 168 valence electrons. The number of nitrogens with zero attached hydrogens (tertiary/aromatic N) is 1. The number of hydrogen-bond donors (Lipinski definition) is 2. The minimum absolute atomic E-state index is 0.0764. The van der Waals surface area contributed by atoms with Crippen molar-refractivity contribution in [2.75, 3.05) is 5.32 Å². The van der Waals surface area contributed by atoms with Crippen molar-refractivity contribution >= 4 is 39.3 Å². The molecule has 0 heterocycles. The Morgan fingerprint density at radius 3 is 2.36 bits per heavy atom. The van der Waals surface area contributed by atoms with Gasteiger partial charge in [0.1, 0.15) is 0 Å². The molecule has 0 aliphatic rings. The van der Waals surface area contributed by atoms with Crippen LogP contribution in [0.2, 0.25) is 0 Å². The average molecular weight is 465 g/mol. The molecule has 0 spiro atoms. The zero-order valence-corrected chi connectivity index (χ0v) is 18.2. The number of sulfonamides is 1. The number of rotatable bonds is 7. The van der Waals surface area contributed by atoms with Gasteiger partial charge in [0.15, 0.2) is 5.78 Å². The van der Waals surface area contributed by atoms with E-state index in [1.807, 2.05) is 4.72 Å². The Labute approximate surface area is 190 Å². The third-order valence-electron chi connectivity index (χ3n) is 4.51. The summed E-state index contributed by atoms with van der Waals surface area (Å²) in [5.41, 5.74) is 1.41. The van der Waals surface area contributed by atoms with Crippen LogP contribution in [0.15, 0.2) is 83.8 Å². The highest BCUT2D eigenvalue weighted by atomic mass is 32.2. The number of allylic oxidation sites excluding steroid dienone is 1. The van der Waals surface area contributed by atoms with Crippen molar-refractivity contribution in [3.63, 3.8) is 0 Å². The summed E-state index contributed by atoms with van der Waals surface area (Å²) in [6.07, 6.45) is 2.62. The first kappa shape index (κ1) is 23.4. The summed E-state index contributed by atoms with van der Waals surface area (Å²) in [6, 6.07) is 16.8. The lowest BCUT2D eigenvalue weighted by Gasteiger charge is -2.11. The quantitative estimate of drug-likeness (QED) is 0.231. The molecule has 0 aromatic heterocycles. The van der Waals surface area contributed by atoms with Crippen LogP contribution in [0, 0.1) is 17.0 Å². The summed E-state index contributed by atoms with van der Waals surface area (Å²) in [5, 5.41) is 13.3. The number of hydrogen-bond acceptors (Lipinski definition) is 6. The van der Waals surface area contributed by atoms with Crippen molar-refractivity contribution < 1.29 is 22.9 Å². The Bertz CT molecular complexity index is 1350. The Morgan fingerprint density at radius 1 is 0.970 bits per heavy atom. The third-order valence-corrected chi connectivity index (χ3v) is 5.85. The van der Waals surface area contributed by atoms with Crippen molar-refractivity contribution in [3.05, 3.63) is 106 Å². The number of ketones is 1. The monoisotopic (exact) mass is 465 g/mol. The number of benzene rings is 3. The number of non-ortho nitro benzene ring substituents is 1. The van der Waals surface area contributed by atoms with Crippen LogP contribution >= 0.6 is 0 Å². The second-order valence-corrected chi connectivity index (χ2v) is 8.65. The van der Waals surface area contributed by atoms with Crippen molar-refractivity contribution in [2.24, 2.45) is 0 Å². The normalized spacial score (nSPS) is 11.2. The fraction of sp³-hybridized carbons (Fsp3) is 0.0435. The van der Waals surface area contributed by atoms with Gasteiger partial charge < -0.3 is 5.32 Å². The number of nitro groups is 1. The maximum absolute atomic E-state index is 12.7. The molecular formula is C23H19N3O6S. The Balaban J connectivity index is 1.75. The summed E-state index contributed by atoms with van der Waals surface area (Å²) in [4.78, 5) is 35.3. The molecule has 10 heteroatoms. The van der Waals surface area contributed by atoms with Crippen LogP contribution in [0.4, 0.5) is 16.2 Å². The van der Waals surface area contributed by atoms with Crippen molar-refractivity contribution in [1.29, 1.82) is 0 Å². The van der Waals surface area contributed by atoms with Crippen LogP contribution in [0.5, 0.6) is 0 Å². The second-order valence-electron chi connectivity index (χ2n) is 6.97. The lowest BCUT2D eigenvalue weighted by atomic mass is 10.1. The highest BCUT2D eigenvalue weighted by molar-refractivity contribution is 7.90. The molecule has 0 radical (unpaired) electrons. The van der Waals surface area contributed by atoms with Gasteiger partial charge in [-0.05, 0) is 42.8 Å². The van der Waals surface area contributed by atoms with E-state index in [1.54, 1.807) is 37.3 Å². The minimum atomic E-state index is -4.10. The number of anilines is 1. The van der Waals surface area contributed by atoms with E-state index in [4.69, 9.17) is 0 Å². The van der Waals surface area contributed by atoms with Gasteiger partial charge in [0.2, 0.25) is 0 Å². The highest BCUT2D eigenvalue weighted by Crippen LogP contribution is 2.19. The number of para-hydroxylation sites is 1. The molecule has 0 saturated heterocycles. The van der Waals surface area contributed by atoms with Crippen LogP contribution < -0.4 is 10.0 Å². The lowest BCUT2D eigenvalue weighted by Crippen LogP contribution is -2.34. The second kappa shape index (κ2) is 9.88. The van der Waals surface area contributed by atoms with E-state index < -0.39 is 26.8 Å². The molecule has 0 atom stereocenters. The number of carbonyl (C=O) groups excluding carboxylic acids is 2. The minimum Gasteiger partial charge on any atom is -0.306 e. The van der Waals surface area contributed by atoms with Gasteiger partial charge >= 0.3 is 6.03 Å². The predicted molar refractivity (Wildman–Crippen MR) is 123 cm³/mol. The topological polar surface area (TPSA) is 135 Å². The van der Waals surface area contributed by atoms with E-state index in [0.717, 1.165) is 5.56 Å². The van der Waals surface area contributed by atoms with Gasteiger partial charge in [-0.25, -0.2) is 17.9 Å². The van der Waals surface area contributed by atoms with E-state index in [1.165, 1.54) is 54.6 Å². The zero-order valence-electron chi connectivity index (χ0n) is 17.4. The molecule has 0 saturated carbocycles. The first-order valence-corrected chi connectivity index (χ1v) is 11.1. The number of nitrogens with one attached hydrogen (secondary N) is 2. The Kier molecular flexibility index (Phi) is 6.99.